The van der Waals surface area contributed by atoms with Gasteiger partial charge in [0.2, 0.25) is 0 Å². The Hall–Kier alpha value is -3.89. The number of aryl methyl sites for hydroxylation is 1. The second-order valence-electron chi connectivity index (χ2n) is 13.4. The molecule has 6 rings (SSSR count). The van der Waals surface area contributed by atoms with Gasteiger partial charge in [-0.1, -0.05) is 41.9 Å². The van der Waals surface area contributed by atoms with Gasteiger partial charge in [0, 0.05) is 25.0 Å². The lowest BCUT2D eigenvalue weighted by Crippen LogP contribution is -2.57. The van der Waals surface area contributed by atoms with Crippen LogP contribution in [-0.2, 0) is 4.74 Å². The summed E-state index contributed by atoms with van der Waals surface area (Å²) in [6, 6.07) is 13.8. The number of nitrogens with zero attached hydrogens (tertiary/aromatic N) is 6. The van der Waals surface area contributed by atoms with E-state index in [0.29, 0.717) is 36.6 Å². The molecule has 2 bridgehead atoms. The van der Waals surface area contributed by atoms with Crippen LogP contribution >= 0.6 is 11.6 Å². The summed E-state index contributed by atoms with van der Waals surface area (Å²) in [6.07, 6.45) is 2.22. The molecule has 2 aliphatic rings. The van der Waals surface area contributed by atoms with E-state index in [2.05, 4.69) is 20.9 Å². The SMILES string of the molecule is Cc1cc(-n2c(Cl)cc3c(N4CC5CCC(C4)N5C(=O)OC(C)(C)C)nc(OCCCN(C)C)nc3c2=O)c2ccccc2c1. The van der Waals surface area contributed by atoms with Crippen molar-refractivity contribution in [2.45, 2.75) is 64.6 Å². The molecule has 2 unspecified atom stereocenters. The molecule has 238 valence electrons. The summed E-state index contributed by atoms with van der Waals surface area (Å²) in [5, 5.41) is 2.75. The average molecular weight is 633 g/mol. The van der Waals surface area contributed by atoms with Crippen LogP contribution in [0.3, 0.4) is 0 Å². The van der Waals surface area contributed by atoms with Crippen molar-refractivity contribution in [1.29, 1.82) is 0 Å². The maximum Gasteiger partial charge on any atom is 0.410 e. The number of amides is 1. The van der Waals surface area contributed by atoms with Gasteiger partial charge < -0.3 is 19.3 Å². The van der Waals surface area contributed by atoms with Gasteiger partial charge in [0.25, 0.3) is 5.56 Å². The van der Waals surface area contributed by atoms with Crippen molar-refractivity contribution in [1.82, 2.24) is 24.3 Å². The average Bonchev–Trinajstić information content (AvgIpc) is 3.23. The molecule has 10 nitrogen and oxygen atoms in total. The topological polar surface area (TPSA) is 93.0 Å². The lowest BCUT2D eigenvalue weighted by Gasteiger charge is -2.42. The maximum absolute atomic E-state index is 14.4. The van der Waals surface area contributed by atoms with E-state index in [1.54, 1.807) is 6.07 Å². The highest BCUT2D eigenvalue weighted by molar-refractivity contribution is 6.30. The van der Waals surface area contributed by atoms with Gasteiger partial charge in [-0.2, -0.15) is 9.97 Å². The molecule has 11 heteroatoms. The molecule has 2 atom stereocenters. The predicted molar refractivity (Wildman–Crippen MR) is 178 cm³/mol. The first kappa shape index (κ1) is 31.1. The maximum atomic E-state index is 14.4. The van der Waals surface area contributed by atoms with E-state index < -0.39 is 5.60 Å². The number of piperazine rings is 1. The number of carbonyl (C=O) groups is 1. The molecule has 4 heterocycles. The first-order chi connectivity index (χ1) is 21.4. The minimum Gasteiger partial charge on any atom is -0.463 e. The standard InChI is InChI=1S/C34H41ClN6O4/c1-21-16-22-10-7-8-11-25(22)27(17-21)41-28(35)18-26-29(31(41)42)36-32(44-15-9-14-38(5)6)37-30(26)39-19-23-12-13-24(20-39)40(23)33(43)45-34(2,3)4/h7-8,10-11,16-18,23-24H,9,12-15,19-20H2,1-6H3. The molecule has 1 amide bonds. The van der Waals surface area contributed by atoms with E-state index >= 15 is 0 Å². The van der Waals surface area contributed by atoms with Crippen molar-refractivity contribution in [2.75, 3.05) is 45.2 Å². The molecule has 0 N–H and O–H groups in total. The Bertz CT molecular complexity index is 1800. The molecule has 2 saturated heterocycles. The summed E-state index contributed by atoms with van der Waals surface area (Å²) >= 11 is 6.96. The fourth-order valence-electron chi connectivity index (χ4n) is 6.50. The number of fused-ring (bicyclic) bond motifs is 4. The Morgan fingerprint density at radius 1 is 1.04 bits per heavy atom. The normalized spacial score (nSPS) is 18.3. The van der Waals surface area contributed by atoms with Gasteiger partial charge in [-0.25, -0.2) is 4.79 Å². The van der Waals surface area contributed by atoms with Gasteiger partial charge in [0.1, 0.15) is 22.1 Å². The first-order valence-electron chi connectivity index (χ1n) is 15.6. The molecular formula is C34H41ClN6O4. The lowest BCUT2D eigenvalue weighted by atomic mass is 10.1. The number of ether oxygens (including phenoxy) is 2. The number of hydrogen-bond donors (Lipinski definition) is 0. The minimum absolute atomic E-state index is 0.0393. The molecule has 0 aliphatic carbocycles. The van der Waals surface area contributed by atoms with Gasteiger partial charge in [-0.05, 0) is 84.1 Å². The summed E-state index contributed by atoms with van der Waals surface area (Å²) < 4.78 is 13.3. The number of aromatic nitrogens is 3. The Kier molecular flexibility index (Phi) is 8.39. The fourth-order valence-corrected chi connectivity index (χ4v) is 6.78. The molecule has 2 aliphatic heterocycles. The molecule has 45 heavy (non-hydrogen) atoms. The summed E-state index contributed by atoms with van der Waals surface area (Å²) in [6.45, 7) is 9.99. The van der Waals surface area contributed by atoms with Crippen LogP contribution in [0.5, 0.6) is 6.01 Å². The number of halogens is 1. The van der Waals surface area contributed by atoms with Crippen molar-refractivity contribution in [3.8, 4) is 11.7 Å². The van der Waals surface area contributed by atoms with Gasteiger partial charge in [0.05, 0.1) is 29.8 Å². The Labute approximate surface area is 268 Å². The number of rotatable bonds is 7. The van der Waals surface area contributed by atoms with Crippen LogP contribution in [0.4, 0.5) is 10.6 Å². The third-order valence-corrected chi connectivity index (χ3v) is 8.66. The largest absolute Gasteiger partial charge is 0.463 e. The number of anilines is 1. The zero-order chi connectivity index (χ0) is 32.0. The van der Waals surface area contributed by atoms with Crippen LogP contribution < -0.4 is 15.2 Å². The van der Waals surface area contributed by atoms with E-state index in [1.165, 1.54) is 4.57 Å². The van der Waals surface area contributed by atoms with E-state index in [1.807, 2.05) is 77.0 Å². The molecule has 4 aromatic rings. The summed E-state index contributed by atoms with van der Waals surface area (Å²) in [5.74, 6) is 0.587. The Balaban J connectivity index is 1.44. The van der Waals surface area contributed by atoms with E-state index in [-0.39, 0.29) is 40.4 Å². The van der Waals surface area contributed by atoms with Crippen LogP contribution in [0.2, 0.25) is 5.15 Å². The van der Waals surface area contributed by atoms with Crippen LogP contribution in [0.15, 0.2) is 47.3 Å². The number of pyridine rings is 1. The predicted octanol–water partition coefficient (Wildman–Crippen LogP) is 5.81. The summed E-state index contributed by atoms with van der Waals surface area (Å²) in [7, 11) is 4.02. The van der Waals surface area contributed by atoms with Crippen molar-refractivity contribution in [2.24, 2.45) is 0 Å². The van der Waals surface area contributed by atoms with E-state index in [9.17, 15) is 9.59 Å². The van der Waals surface area contributed by atoms with Crippen molar-refractivity contribution in [3.05, 3.63) is 63.5 Å². The quantitative estimate of drug-likeness (QED) is 0.186. The van der Waals surface area contributed by atoms with Crippen LogP contribution in [0.1, 0.15) is 45.6 Å². The van der Waals surface area contributed by atoms with Crippen molar-refractivity contribution >= 4 is 45.2 Å². The molecule has 2 aromatic carbocycles. The van der Waals surface area contributed by atoms with Gasteiger partial charge >= 0.3 is 12.1 Å². The highest BCUT2D eigenvalue weighted by Gasteiger charge is 2.45. The second-order valence-corrected chi connectivity index (χ2v) is 13.8. The number of carbonyl (C=O) groups excluding carboxylic acids is 1. The lowest BCUT2D eigenvalue weighted by molar-refractivity contribution is 0.0123. The van der Waals surface area contributed by atoms with Crippen molar-refractivity contribution < 1.29 is 14.3 Å². The molecule has 0 spiro atoms. The summed E-state index contributed by atoms with van der Waals surface area (Å²) in [4.78, 5) is 43.1. The number of benzene rings is 2. The Morgan fingerprint density at radius 2 is 1.76 bits per heavy atom. The third kappa shape index (κ3) is 6.31. The van der Waals surface area contributed by atoms with Crippen molar-refractivity contribution in [3.63, 3.8) is 0 Å². The van der Waals surface area contributed by atoms with E-state index in [4.69, 9.17) is 26.1 Å². The summed E-state index contributed by atoms with van der Waals surface area (Å²) in [5.41, 5.74) is 1.03. The molecule has 0 saturated carbocycles. The zero-order valence-corrected chi connectivity index (χ0v) is 27.6. The zero-order valence-electron chi connectivity index (χ0n) is 26.8. The van der Waals surface area contributed by atoms with Crippen LogP contribution in [0, 0.1) is 6.92 Å². The first-order valence-corrected chi connectivity index (χ1v) is 15.9. The van der Waals surface area contributed by atoms with Gasteiger partial charge in [-0.3, -0.25) is 14.3 Å². The van der Waals surface area contributed by atoms with Gasteiger partial charge in [0.15, 0.2) is 0 Å². The fraction of sp³-hybridized carbons (Fsp3) is 0.471. The second kappa shape index (κ2) is 12.1. The van der Waals surface area contributed by atoms with E-state index in [0.717, 1.165) is 42.1 Å². The minimum atomic E-state index is -0.575. The highest BCUT2D eigenvalue weighted by atomic mass is 35.5. The molecule has 2 fully saturated rings. The molecule has 2 aromatic heterocycles. The van der Waals surface area contributed by atoms with Crippen LogP contribution in [0.25, 0.3) is 27.4 Å². The number of hydrogen-bond acceptors (Lipinski definition) is 8. The highest BCUT2D eigenvalue weighted by Crippen LogP contribution is 2.37. The monoisotopic (exact) mass is 632 g/mol. The Morgan fingerprint density at radius 3 is 2.44 bits per heavy atom. The van der Waals surface area contributed by atoms with Crippen LogP contribution in [-0.4, -0.2) is 88.4 Å². The third-order valence-electron chi connectivity index (χ3n) is 8.38. The molecular weight excluding hydrogens is 592 g/mol. The smallest absolute Gasteiger partial charge is 0.410 e. The van der Waals surface area contributed by atoms with Gasteiger partial charge in [-0.15, -0.1) is 0 Å². The molecule has 0 radical (unpaired) electrons.